The summed E-state index contributed by atoms with van der Waals surface area (Å²) < 4.78 is 0. The molecule has 62 valence electrons. The first-order chi connectivity index (χ1) is 4.27. The van der Waals surface area contributed by atoms with Crippen LogP contribution in [0, 0.1) is 0 Å². The van der Waals surface area contributed by atoms with Gasteiger partial charge in [-0.15, -0.1) is 0 Å². The molecular formula is C7H17O2P. The van der Waals surface area contributed by atoms with Crippen molar-refractivity contribution in [3.63, 3.8) is 0 Å². The van der Waals surface area contributed by atoms with Crippen LogP contribution in [0.1, 0.15) is 13.3 Å². The summed E-state index contributed by atoms with van der Waals surface area (Å²) in [5, 5.41) is 9.26. The van der Waals surface area contributed by atoms with Crippen molar-refractivity contribution < 1.29 is 9.90 Å². The van der Waals surface area contributed by atoms with E-state index in [1.807, 2.05) is 0 Å². The number of aliphatic carboxylic acids is 1. The molecule has 0 bridgehead atoms. The van der Waals surface area contributed by atoms with E-state index in [1.54, 1.807) is 0 Å². The average molecular weight is 164 g/mol. The number of carboxylic acid groups (broad SMARTS) is 1. The largest absolute Gasteiger partial charge is 0.550 e. The molecule has 0 rings (SSSR count). The first-order valence-corrected chi connectivity index (χ1v) is 6.84. The van der Waals surface area contributed by atoms with Gasteiger partial charge < -0.3 is 9.90 Å². The minimum atomic E-state index is -0.995. The fourth-order valence-corrected chi connectivity index (χ4v) is 0. The molecule has 0 N–H and O–H groups in total. The number of hydrogen-bond acceptors (Lipinski definition) is 2. The molecule has 0 saturated heterocycles. The van der Waals surface area contributed by atoms with Crippen molar-refractivity contribution in [1.82, 2.24) is 0 Å². The molecule has 0 aliphatic carbocycles. The number of carbonyl (C=O) groups is 1. The van der Waals surface area contributed by atoms with Crippen molar-refractivity contribution in [3.8, 4) is 0 Å². The van der Waals surface area contributed by atoms with Crippen LogP contribution < -0.4 is 5.11 Å². The van der Waals surface area contributed by atoms with Crippen molar-refractivity contribution in [3.05, 3.63) is 0 Å². The van der Waals surface area contributed by atoms with Gasteiger partial charge in [0.1, 0.15) is 0 Å². The highest BCUT2D eigenvalue weighted by Gasteiger charge is 2.03. The smallest absolute Gasteiger partial charge is 0.0481 e. The molecule has 0 aliphatic rings. The van der Waals surface area contributed by atoms with E-state index in [0.717, 1.165) is 0 Å². The zero-order chi connectivity index (χ0) is 8.78. The maximum Gasteiger partial charge on any atom is 0.0481 e. The second-order valence-corrected chi connectivity index (χ2v) is 8.78. The van der Waals surface area contributed by atoms with Crippen LogP contribution in [0.25, 0.3) is 0 Å². The summed E-state index contributed by atoms with van der Waals surface area (Å²) in [5.41, 5.74) is 0. The van der Waals surface area contributed by atoms with Crippen molar-refractivity contribution in [2.24, 2.45) is 0 Å². The Balaban J connectivity index is 0. The quantitative estimate of drug-likeness (QED) is 0.534. The van der Waals surface area contributed by atoms with E-state index >= 15 is 0 Å². The molecule has 0 radical (unpaired) electrons. The number of carboxylic acids is 1. The molecule has 2 nitrogen and oxygen atoms in total. The van der Waals surface area contributed by atoms with Crippen molar-refractivity contribution in [2.75, 3.05) is 26.7 Å². The Morgan fingerprint density at radius 1 is 1.30 bits per heavy atom. The maximum atomic E-state index is 9.26. The summed E-state index contributed by atoms with van der Waals surface area (Å²) in [7, 11) is -0.389. The monoisotopic (exact) mass is 164 g/mol. The predicted octanol–water partition coefficient (Wildman–Crippen LogP) is 0.669. The molecule has 0 unspecified atom stereocenters. The molecule has 3 heteroatoms. The van der Waals surface area contributed by atoms with E-state index in [0.29, 0.717) is 0 Å². The highest BCUT2D eigenvalue weighted by molar-refractivity contribution is 7.72. The molecule has 0 spiro atoms. The van der Waals surface area contributed by atoms with E-state index in [2.05, 4.69) is 26.7 Å². The Kier molecular flexibility index (Phi) is 7.12. The van der Waals surface area contributed by atoms with Gasteiger partial charge in [-0.1, -0.05) is 6.92 Å². The minimum absolute atomic E-state index is 0.111. The summed E-state index contributed by atoms with van der Waals surface area (Å²) in [5.74, 6) is -0.995. The molecule has 0 aromatic carbocycles. The van der Waals surface area contributed by atoms with Gasteiger partial charge in [-0.05, 0) is 6.42 Å². The Hall–Kier alpha value is -0.100. The van der Waals surface area contributed by atoms with Crippen LogP contribution in [0.3, 0.4) is 0 Å². The number of rotatable bonds is 1. The number of carbonyl (C=O) groups excluding carboxylic acids is 1. The van der Waals surface area contributed by atoms with Gasteiger partial charge in [-0.25, -0.2) is 0 Å². The standard InChI is InChI=1S/C4H12P.C3H6O2/c1-5(2,3)4;1-2-3(4)5/h1-4H3;2H2,1H3,(H,4,5)/q+1;/p-1. The summed E-state index contributed by atoms with van der Waals surface area (Å²) in [6.45, 7) is 10.7. The molecule has 0 atom stereocenters. The van der Waals surface area contributed by atoms with E-state index < -0.39 is 5.97 Å². The molecule has 0 heterocycles. The van der Waals surface area contributed by atoms with E-state index in [4.69, 9.17) is 0 Å². The van der Waals surface area contributed by atoms with Crippen LogP contribution in [0.4, 0.5) is 0 Å². The molecule has 10 heavy (non-hydrogen) atoms. The lowest BCUT2D eigenvalue weighted by atomic mass is 10.5. The van der Waals surface area contributed by atoms with Gasteiger partial charge in [0, 0.05) is 39.9 Å². The van der Waals surface area contributed by atoms with Gasteiger partial charge in [0.15, 0.2) is 0 Å². The second kappa shape index (κ2) is 5.67. The summed E-state index contributed by atoms with van der Waals surface area (Å²) in [6, 6.07) is 0. The lowest BCUT2D eigenvalue weighted by molar-refractivity contribution is -0.305. The molecule has 0 aromatic heterocycles. The van der Waals surface area contributed by atoms with Gasteiger partial charge in [0.2, 0.25) is 0 Å². The highest BCUT2D eigenvalue weighted by Crippen LogP contribution is 2.40. The van der Waals surface area contributed by atoms with Gasteiger partial charge in [-0.3, -0.25) is 0 Å². The fourth-order valence-electron chi connectivity index (χ4n) is 0. The summed E-state index contributed by atoms with van der Waals surface area (Å²) >= 11 is 0. The molecule has 0 aliphatic heterocycles. The van der Waals surface area contributed by atoms with E-state index in [1.165, 1.54) is 6.92 Å². The predicted molar refractivity (Wildman–Crippen MR) is 45.9 cm³/mol. The van der Waals surface area contributed by atoms with Crippen LogP contribution in [0.2, 0.25) is 0 Å². The van der Waals surface area contributed by atoms with E-state index in [9.17, 15) is 9.90 Å². The van der Waals surface area contributed by atoms with E-state index in [-0.39, 0.29) is 13.7 Å². The first-order valence-electron chi connectivity index (χ1n) is 3.26. The summed E-state index contributed by atoms with van der Waals surface area (Å²) in [6.07, 6.45) is 0.111. The topological polar surface area (TPSA) is 40.1 Å². The van der Waals surface area contributed by atoms with Gasteiger partial charge in [0.25, 0.3) is 0 Å². The van der Waals surface area contributed by atoms with Gasteiger partial charge >= 0.3 is 0 Å². The first kappa shape index (κ1) is 12.6. The molecule has 0 saturated carbocycles. The zero-order valence-corrected chi connectivity index (χ0v) is 8.37. The lowest BCUT2D eigenvalue weighted by Gasteiger charge is -1.97. The third-order valence-electron chi connectivity index (χ3n) is 0.289. The molecular weight excluding hydrogens is 147 g/mol. The molecule has 0 fully saturated rings. The molecule has 0 aromatic rings. The third-order valence-corrected chi connectivity index (χ3v) is 0.289. The van der Waals surface area contributed by atoms with Gasteiger partial charge in [0.05, 0.1) is 0 Å². The minimum Gasteiger partial charge on any atom is -0.550 e. The Bertz CT molecular complexity index is 88.3. The second-order valence-electron chi connectivity index (χ2n) is 3.41. The zero-order valence-electron chi connectivity index (χ0n) is 7.47. The highest BCUT2D eigenvalue weighted by atomic mass is 31.2. The van der Waals surface area contributed by atoms with Gasteiger partial charge in [-0.2, -0.15) is 0 Å². The Labute approximate surface area is 64.0 Å². The Morgan fingerprint density at radius 2 is 1.40 bits per heavy atom. The van der Waals surface area contributed by atoms with Crippen molar-refractivity contribution in [1.29, 1.82) is 0 Å². The van der Waals surface area contributed by atoms with Crippen LogP contribution in [-0.2, 0) is 4.79 Å². The average Bonchev–Trinajstić information content (AvgIpc) is 1.61. The van der Waals surface area contributed by atoms with Crippen LogP contribution >= 0.6 is 7.26 Å². The number of hydrogen-bond donors (Lipinski definition) is 0. The van der Waals surface area contributed by atoms with Crippen molar-refractivity contribution >= 4 is 13.2 Å². The maximum absolute atomic E-state index is 9.26. The fraction of sp³-hybridized carbons (Fsp3) is 0.857. The van der Waals surface area contributed by atoms with Crippen LogP contribution in [0.15, 0.2) is 0 Å². The third kappa shape index (κ3) is 104. The SMILES string of the molecule is CCC(=O)[O-].C[P+](C)(C)C. The summed E-state index contributed by atoms with van der Waals surface area (Å²) in [4.78, 5) is 9.26. The molecule has 0 amide bonds. The van der Waals surface area contributed by atoms with Crippen molar-refractivity contribution in [2.45, 2.75) is 13.3 Å². The van der Waals surface area contributed by atoms with Crippen LogP contribution in [-0.4, -0.2) is 32.6 Å². The normalized spacial score (nSPS) is 9.70. The van der Waals surface area contributed by atoms with Crippen LogP contribution in [0.5, 0.6) is 0 Å². The lowest BCUT2D eigenvalue weighted by Crippen LogP contribution is -2.19. The Morgan fingerprint density at radius 3 is 1.40 bits per heavy atom.